The molecular formula is C32H32O10. The topological polar surface area (TPSA) is 114 Å². The monoisotopic (exact) mass is 576 g/mol. The van der Waals surface area contributed by atoms with Crippen LogP contribution < -0.4 is 15.7 Å². The van der Waals surface area contributed by atoms with E-state index in [0.717, 1.165) is 30.0 Å². The van der Waals surface area contributed by atoms with Crippen LogP contribution >= 0.6 is 0 Å². The molecule has 0 fully saturated rings. The molecule has 3 aliphatic rings. The minimum absolute atomic E-state index is 0.0613. The van der Waals surface area contributed by atoms with E-state index in [0.29, 0.717) is 5.76 Å². The normalized spacial score (nSPS) is 16.9. The lowest BCUT2D eigenvalue weighted by Crippen LogP contribution is -2.32. The lowest BCUT2D eigenvalue weighted by atomic mass is 9.77. The van der Waals surface area contributed by atoms with Gasteiger partial charge in [-0.15, -0.1) is 0 Å². The Kier molecular flexibility index (Phi) is 8.04. The third-order valence-electron chi connectivity index (χ3n) is 8.16. The maximum Gasteiger partial charge on any atom is 0.191 e. The molecule has 3 aliphatic carbocycles. The number of rotatable bonds is 16. The highest BCUT2D eigenvalue weighted by Crippen LogP contribution is 2.43. The number of aryl methyl sites for hydroxylation is 1. The maximum atomic E-state index is 8.75. The molecule has 10 heteroatoms. The van der Waals surface area contributed by atoms with Crippen LogP contribution in [0, 0.1) is 0 Å². The fraction of sp³-hybridized carbons (Fsp3) is 0.375. The number of ether oxygens (including phenoxy) is 8. The first-order valence-corrected chi connectivity index (χ1v) is 13.9. The van der Waals surface area contributed by atoms with E-state index in [-0.39, 0.29) is 40.8 Å². The SMILES string of the molecule is OCOCOCOCOC1=c2ccc3c4c5c6c(ccc7ccc(c(c24)c76)C1OCOCOCOCO)CCC=5CC=3. The van der Waals surface area contributed by atoms with Crippen LogP contribution in [0.4, 0.5) is 0 Å². The van der Waals surface area contributed by atoms with Crippen LogP contribution in [-0.4, -0.2) is 64.6 Å². The summed E-state index contributed by atoms with van der Waals surface area (Å²) in [5, 5.41) is 28.6. The summed E-state index contributed by atoms with van der Waals surface area (Å²) in [5.41, 5.74) is 3.90. The summed E-state index contributed by atoms with van der Waals surface area (Å²) < 4.78 is 43.7. The van der Waals surface area contributed by atoms with Crippen molar-refractivity contribution in [2.24, 2.45) is 0 Å². The predicted octanol–water partition coefficient (Wildman–Crippen LogP) is 2.09. The van der Waals surface area contributed by atoms with E-state index in [1.807, 2.05) is 0 Å². The first-order chi connectivity index (χ1) is 20.8. The van der Waals surface area contributed by atoms with Crippen molar-refractivity contribution >= 4 is 49.7 Å². The van der Waals surface area contributed by atoms with Crippen LogP contribution in [0.15, 0.2) is 36.4 Å². The summed E-state index contributed by atoms with van der Waals surface area (Å²) in [7, 11) is 0. The highest BCUT2D eigenvalue weighted by molar-refractivity contribution is 6.25. The van der Waals surface area contributed by atoms with Gasteiger partial charge in [-0.05, 0) is 67.8 Å². The smallest absolute Gasteiger partial charge is 0.191 e. The number of benzene rings is 4. The van der Waals surface area contributed by atoms with Gasteiger partial charge < -0.3 is 48.1 Å². The van der Waals surface area contributed by atoms with Crippen molar-refractivity contribution in [2.75, 3.05) is 54.3 Å². The molecule has 220 valence electrons. The van der Waals surface area contributed by atoms with E-state index >= 15 is 0 Å². The standard InChI is InChI=1S/C32H32O10/c33-11-35-13-37-15-39-17-41-31-23-9-7-21-5-3-19-1-2-20-4-6-22-8-10-24(32(31)42-18-40-16-38-14-36-12-34)30-28(22)26(20)25(19)27(21)29(23)30/h3,5-10,31,33-34H,1-2,4,11-18H2. The average Bonchev–Trinajstić information content (AvgIpc) is 3.03. The lowest BCUT2D eigenvalue weighted by Gasteiger charge is -2.30. The summed E-state index contributed by atoms with van der Waals surface area (Å²) >= 11 is 0. The van der Waals surface area contributed by atoms with Crippen LogP contribution in [0.1, 0.15) is 30.1 Å². The number of aliphatic hydroxyl groups is 2. The summed E-state index contributed by atoms with van der Waals surface area (Å²) in [6.45, 7) is -1.30. The Balaban J connectivity index is 1.34. The molecule has 4 aromatic rings. The Morgan fingerprint density at radius 3 is 2.19 bits per heavy atom. The molecule has 42 heavy (non-hydrogen) atoms. The molecule has 0 spiro atoms. The average molecular weight is 577 g/mol. The molecule has 0 aliphatic heterocycles. The van der Waals surface area contributed by atoms with Crippen molar-refractivity contribution in [2.45, 2.75) is 25.4 Å². The van der Waals surface area contributed by atoms with Crippen molar-refractivity contribution < 1.29 is 48.1 Å². The van der Waals surface area contributed by atoms with E-state index in [9.17, 15) is 0 Å². The van der Waals surface area contributed by atoms with Crippen LogP contribution in [0.5, 0.6) is 0 Å². The van der Waals surface area contributed by atoms with Crippen molar-refractivity contribution in [3.05, 3.63) is 63.2 Å². The third kappa shape index (κ3) is 4.75. The Hall–Kier alpha value is -3.16. The molecule has 0 saturated heterocycles. The zero-order chi connectivity index (χ0) is 28.5. The largest absolute Gasteiger partial charge is 0.468 e. The van der Waals surface area contributed by atoms with Gasteiger partial charge in [-0.25, -0.2) is 0 Å². The highest BCUT2D eigenvalue weighted by atomic mass is 16.8. The molecule has 0 amide bonds. The maximum absolute atomic E-state index is 8.75. The van der Waals surface area contributed by atoms with Gasteiger partial charge in [0.05, 0.1) is 0 Å². The fourth-order valence-corrected chi connectivity index (χ4v) is 6.58. The zero-order valence-corrected chi connectivity index (χ0v) is 23.1. The summed E-state index contributed by atoms with van der Waals surface area (Å²) in [6.07, 6.45) is 4.87. The second kappa shape index (κ2) is 12.2. The Morgan fingerprint density at radius 1 is 0.643 bits per heavy atom. The molecule has 7 rings (SSSR count). The van der Waals surface area contributed by atoms with Crippen LogP contribution in [0.25, 0.3) is 49.7 Å². The zero-order valence-electron chi connectivity index (χ0n) is 23.1. The highest BCUT2D eigenvalue weighted by Gasteiger charge is 2.32. The second-order valence-electron chi connectivity index (χ2n) is 10.3. The fourth-order valence-electron chi connectivity index (χ4n) is 6.58. The van der Waals surface area contributed by atoms with E-state index in [1.54, 1.807) is 0 Å². The molecule has 4 aromatic carbocycles. The lowest BCUT2D eigenvalue weighted by molar-refractivity contribution is -0.193. The molecule has 0 heterocycles. The van der Waals surface area contributed by atoms with Crippen LogP contribution in [0.3, 0.4) is 0 Å². The number of hydrogen-bond acceptors (Lipinski definition) is 10. The molecule has 0 saturated carbocycles. The van der Waals surface area contributed by atoms with Gasteiger partial charge in [0.25, 0.3) is 0 Å². The second-order valence-corrected chi connectivity index (χ2v) is 10.3. The molecule has 1 unspecified atom stereocenters. The molecule has 1 atom stereocenters. The van der Waals surface area contributed by atoms with Crippen LogP contribution in [0.2, 0.25) is 0 Å². The van der Waals surface area contributed by atoms with E-state index < -0.39 is 19.7 Å². The van der Waals surface area contributed by atoms with Crippen molar-refractivity contribution in [1.29, 1.82) is 0 Å². The Bertz CT molecular complexity index is 1810. The number of hydrogen-bond donors (Lipinski definition) is 2. The molecule has 2 N–H and O–H groups in total. The summed E-state index contributed by atoms with van der Waals surface area (Å²) in [6, 6.07) is 13.1. The molecular weight excluding hydrogens is 544 g/mol. The van der Waals surface area contributed by atoms with E-state index in [4.69, 9.17) is 48.1 Å². The van der Waals surface area contributed by atoms with Gasteiger partial charge in [-0.1, -0.05) is 48.0 Å². The molecule has 0 bridgehead atoms. The van der Waals surface area contributed by atoms with Gasteiger partial charge in [0.2, 0.25) is 0 Å². The molecule has 0 aromatic heterocycles. The van der Waals surface area contributed by atoms with Gasteiger partial charge in [0.15, 0.2) is 40.8 Å². The van der Waals surface area contributed by atoms with Crippen LogP contribution in [-0.2, 0) is 44.3 Å². The first kappa shape index (κ1) is 27.7. The van der Waals surface area contributed by atoms with E-state index in [1.165, 1.54) is 53.9 Å². The minimum atomic E-state index is -0.567. The van der Waals surface area contributed by atoms with Crippen molar-refractivity contribution in [3.63, 3.8) is 0 Å². The van der Waals surface area contributed by atoms with Crippen molar-refractivity contribution in [1.82, 2.24) is 0 Å². The first-order valence-electron chi connectivity index (χ1n) is 13.9. The summed E-state index contributed by atoms with van der Waals surface area (Å²) in [4.78, 5) is 0. The Labute approximate surface area is 240 Å². The van der Waals surface area contributed by atoms with Gasteiger partial charge in [-0.2, -0.15) is 0 Å². The van der Waals surface area contributed by atoms with Gasteiger partial charge in [-0.3, -0.25) is 0 Å². The quantitative estimate of drug-likeness (QED) is 0.0890. The van der Waals surface area contributed by atoms with Crippen molar-refractivity contribution in [3.8, 4) is 0 Å². The molecule has 0 radical (unpaired) electrons. The number of aliphatic hydroxyl groups excluding tert-OH is 2. The summed E-state index contributed by atoms with van der Waals surface area (Å²) in [5.74, 6) is 0.627. The molecule has 10 nitrogen and oxygen atoms in total. The van der Waals surface area contributed by atoms with E-state index in [2.05, 4.69) is 42.5 Å². The Morgan fingerprint density at radius 2 is 1.38 bits per heavy atom. The predicted molar refractivity (Wildman–Crippen MR) is 152 cm³/mol. The van der Waals surface area contributed by atoms with Gasteiger partial charge in [0, 0.05) is 10.6 Å². The third-order valence-corrected chi connectivity index (χ3v) is 8.16. The van der Waals surface area contributed by atoms with Gasteiger partial charge >= 0.3 is 0 Å². The van der Waals surface area contributed by atoms with Gasteiger partial charge in [0.1, 0.15) is 25.4 Å². The minimum Gasteiger partial charge on any atom is -0.468 e.